The molecule has 1 N–H and O–H groups in total. The number of thioether (sulfide) groups is 1. The van der Waals surface area contributed by atoms with Gasteiger partial charge in [0.15, 0.2) is 15.0 Å². The second kappa shape index (κ2) is 3.43. The van der Waals surface area contributed by atoms with Gasteiger partial charge in [0.2, 0.25) is 0 Å². The van der Waals surface area contributed by atoms with E-state index < -0.39 is 9.84 Å². The Morgan fingerprint density at radius 3 is 2.69 bits per heavy atom. The predicted molar refractivity (Wildman–Crippen MR) is 59.6 cm³/mol. The number of nitrogens with zero attached hydrogens (tertiary/aromatic N) is 1. The van der Waals surface area contributed by atoms with Gasteiger partial charge in [0.1, 0.15) is 0 Å². The van der Waals surface area contributed by atoms with Crippen molar-refractivity contribution in [3.8, 4) is 0 Å². The van der Waals surface area contributed by atoms with Crippen LogP contribution in [0.5, 0.6) is 0 Å². The van der Waals surface area contributed by atoms with Crippen molar-refractivity contribution in [1.82, 2.24) is 4.90 Å². The lowest BCUT2D eigenvalue weighted by atomic mass is 10.2. The van der Waals surface area contributed by atoms with Crippen LogP contribution in [-0.2, 0) is 9.84 Å². The molecule has 0 aliphatic carbocycles. The van der Waals surface area contributed by atoms with Crippen LogP contribution in [0, 0.1) is 5.41 Å². The lowest BCUT2D eigenvalue weighted by Gasteiger charge is -2.16. The van der Waals surface area contributed by atoms with Crippen molar-refractivity contribution in [2.24, 2.45) is 0 Å². The van der Waals surface area contributed by atoms with Crippen LogP contribution in [0.15, 0.2) is 0 Å². The Kier molecular flexibility index (Phi) is 2.99. The van der Waals surface area contributed by atoms with Crippen molar-refractivity contribution in [1.29, 1.82) is 5.41 Å². The quantitative estimate of drug-likeness (QED) is 0.698. The Balaban J connectivity index is 0.000000845. The number of hydrogen-bond donors (Lipinski definition) is 1. The molecule has 0 aromatic carbocycles. The molecule has 0 bridgehead atoms. The molecule has 76 valence electrons. The zero-order valence-electron chi connectivity index (χ0n) is 7.06. The monoisotopic (exact) mass is 286 g/mol. The van der Waals surface area contributed by atoms with E-state index in [2.05, 4.69) is 0 Å². The Hall–Kier alpha value is 0.250. The summed E-state index contributed by atoms with van der Waals surface area (Å²) in [5, 5.41) is 8.08. The van der Waals surface area contributed by atoms with Gasteiger partial charge in [-0.1, -0.05) is 11.8 Å². The third-order valence-electron chi connectivity index (χ3n) is 2.35. The van der Waals surface area contributed by atoms with Gasteiger partial charge in [-0.15, -0.1) is 17.0 Å². The fraction of sp³-hybridized carbons (Fsp3) is 0.833. The van der Waals surface area contributed by atoms with Gasteiger partial charge < -0.3 is 4.90 Å². The summed E-state index contributed by atoms with van der Waals surface area (Å²) in [6.07, 6.45) is 0. The summed E-state index contributed by atoms with van der Waals surface area (Å²) in [6.45, 7) is 0. The zero-order chi connectivity index (χ0) is 8.93. The number of amidine groups is 1. The second-order valence-electron chi connectivity index (χ2n) is 3.22. The van der Waals surface area contributed by atoms with Gasteiger partial charge in [-0.3, -0.25) is 5.41 Å². The van der Waals surface area contributed by atoms with E-state index in [1.54, 1.807) is 11.9 Å². The van der Waals surface area contributed by atoms with Crippen LogP contribution in [0.3, 0.4) is 0 Å². The first kappa shape index (κ1) is 11.3. The van der Waals surface area contributed by atoms with Crippen molar-refractivity contribution in [3.63, 3.8) is 0 Å². The summed E-state index contributed by atoms with van der Waals surface area (Å²) in [5.41, 5.74) is 0. The molecule has 2 aliphatic heterocycles. The van der Waals surface area contributed by atoms with E-state index >= 15 is 0 Å². The first-order valence-corrected chi connectivity index (χ1v) is 6.38. The van der Waals surface area contributed by atoms with Crippen molar-refractivity contribution < 1.29 is 8.42 Å². The van der Waals surface area contributed by atoms with E-state index in [0.29, 0.717) is 5.17 Å². The van der Waals surface area contributed by atoms with Gasteiger partial charge in [-0.25, -0.2) is 8.42 Å². The lowest BCUT2D eigenvalue weighted by molar-refractivity contribution is 0.422. The van der Waals surface area contributed by atoms with Crippen LogP contribution in [0.1, 0.15) is 0 Å². The topological polar surface area (TPSA) is 61.2 Å². The summed E-state index contributed by atoms with van der Waals surface area (Å²) < 4.78 is 22.4. The normalized spacial score (nSPS) is 35.8. The summed E-state index contributed by atoms with van der Waals surface area (Å²) in [4.78, 5) is 1.76. The van der Waals surface area contributed by atoms with Gasteiger partial charge in [-0.05, 0) is 0 Å². The first-order valence-electron chi connectivity index (χ1n) is 3.68. The maximum absolute atomic E-state index is 11.2. The molecule has 0 aromatic rings. The SMILES string of the molecule is Br.CN1C(=N)SC2CS(=O)(=O)CC21. The molecule has 2 unspecified atom stereocenters. The van der Waals surface area contributed by atoms with Crippen LogP contribution in [0.25, 0.3) is 0 Å². The molecule has 2 heterocycles. The number of nitrogens with one attached hydrogen (secondary N) is 1. The highest BCUT2D eigenvalue weighted by Crippen LogP contribution is 2.35. The predicted octanol–water partition coefficient (Wildman–Crippen LogP) is 0.343. The van der Waals surface area contributed by atoms with Crippen LogP contribution >= 0.6 is 28.7 Å². The van der Waals surface area contributed by atoms with Crippen molar-refractivity contribution in [2.45, 2.75) is 11.3 Å². The Morgan fingerprint density at radius 2 is 2.15 bits per heavy atom. The maximum atomic E-state index is 11.2. The van der Waals surface area contributed by atoms with E-state index in [-0.39, 0.29) is 39.8 Å². The van der Waals surface area contributed by atoms with E-state index in [9.17, 15) is 8.42 Å². The van der Waals surface area contributed by atoms with Gasteiger partial charge in [0.25, 0.3) is 0 Å². The largest absolute Gasteiger partial charge is 0.350 e. The molecular weight excluding hydrogens is 276 g/mol. The third-order valence-corrected chi connectivity index (χ3v) is 5.58. The van der Waals surface area contributed by atoms with Crippen molar-refractivity contribution in [3.05, 3.63) is 0 Å². The third kappa shape index (κ3) is 1.87. The Bertz CT molecular complexity index is 330. The fourth-order valence-electron chi connectivity index (χ4n) is 1.65. The molecule has 2 aliphatic rings. The minimum atomic E-state index is -2.82. The first-order chi connectivity index (χ1) is 5.49. The fourth-order valence-corrected chi connectivity index (χ4v) is 5.52. The number of halogens is 1. The molecule has 2 atom stereocenters. The molecule has 0 aromatic heterocycles. The summed E-state index contributed by atoms with van der Waals surface area (Å²) in [6, 6.07) is 0.0486. The Morgan fingerprint density at radius 1 is 1.54 bits per heavy atom. The number of sulfone groups is 1. The van der Waals surface area contributed by atoms with Crippen molar-refractivity contribution >= 4 is 43.7 Å². The summed E-state index contributed by atoms with van der Waals surface area (Å²) >= 11 is 1.38. The van der Waals surface area contributed by atoms with Gasteiger partial charge in [0.05, 0.1) is 17.5 Å². The molecule has 2 saturated heterocycles. The lowest BCUT2D eigenvalue weighted by Crippen LogP contribution is -2.33. The number of rotatable bonds is 0. The average molecular weight is 287 g/mol. The molecule has 2 fully saturated rings. The van der Waals surface area contributed by atoms with Gasteiger partial charge in [0, 0.05) is 12.3 Å². The smallest absolute Gasteiger partial charge is 0.156 e. The molecule has 0 spiro atoms. The molecular formula is C6H11BrN2O2S2. The van der Waals surface area contributed by atoms with E-state index in [1.165, 1.54) is 11.8 Å². The Labute approximate surface area is 92.3 Å². The van der Waals surface area contributed by atoms with E-state index in [0.717, 1.165) is 0 Å². The minimum absolute atomic E-state index is 0. The van der Waals surface area contributed by atoms with E-state index in [1.807, 2.05) is 0 Å². The maximum Gasteiger partial charge on any atom is 0.156 e. The number of hydrogen-bond acceptors (Lipinski definition) is 4. The van der Waals surface area contributed by atoms with Crippen LogP contribution in [0.2, 0.25) is 0 Å². The molecule has 4 nitrogen and oxygen atoms in total. The highest BCUT2D eigenvalue weighted by atomic mass is 79.9. The van der Waals surface area contributed by atoms with Crippen LogP contribution < -0.4 is 0 Å². The summed E-state index contributed by atoms with van der Waals surface area (Å²) in [7, 11) is -1.03. The molecule has 0 amide bonds. The van der Waals surface area contributed by atoms with Crippen LogP contribution in [-0.4, -0.2) is 48.3 Å². The van der Waals surface area contributed by atoms with Crippen molar-refractivity contribution in [2.75, 3.05) is 18.6 Å². The molecule has 13 heavy (non-hydrogen) atoms. The van der Waals surface area contributed by atoms with E-state index in [4.69, 9.17) is 5.41 Å². The highest BCUT2D eigenvalue weighted by molar-refractivity contribution is 8.93. The molecule has 7 heteroatoms. The summed E-state index contributed by atoms with van der Waals surface area (Å²) in [5.74, 6) is 0.471. The zero-order valence-corrected chi connectivity index (χ0v) is 10.4. The van der Waals surface area contributed by atoms with Crippen LogP contribution in [0.4, 0.5) is 0 Å². The molecule has 0 radical (unpaired) electrons. The molecule has 2 rings (SSSR count). The second-order valence-corrected chi connectivity index (χ2v) is 6.60. The number of fused-ring (bicyclic) bond motifs is 1. The van der Waals surface area contributed by atoms with Gasteiger partial charge in [-0.2, -0.15) is 0 Å². The average Bonchev–Trinajstić information content (AvgIpc) is 2.33. The van der Waals surface area contributed by atoms with Gasteiger partial charge >= 0.3 is 0 Å². The standard InChI is InChI=1S/C6H10N2O2S2.BrH/c1-8-4-2-12(9,10)3-5(4)11-6(8)7;/h4-5,7H,2-3H2,1H3;1H. The molecule has 0 saturated carbocycles. The highest BCUT2D eigenvalue weighted by Gasteiger charge is 2.46. The minimum Gasteiger partial charge on any atom is -0.350 e.